The third kappa shape index (κ3) is 2.57. The maximum atomic E-state index is 13.1. The third-order valence-corrected chi connectivity index (χ3v) is 5.26. The van der Waals surface area contributed by atoms with Crippen molar-refractivity contribution in [3.8, 4) is 0 Å². The standard InChI is InChI=1S/C19H18F3NO/c20-19(21,22)12-6-7-17-15(8-12)14-9-13(24)10-16(14)18(23-17)11-4-2-1-3-5-11/h1-8,13-14,16,18,23-24H,9-10H2/t13?,14-,16-,18+/m1/s1. The van der Waals surface area contributed by atoms with Crippen molar-refractivity contribution >= 4 is 5.69 Å². The molecule has 1 saturated carbocycles. The molecule has 4 rings (SSSR count). The van der Waals surface area contributed by atoms with Crippen LogP contribution in [0.1, 0.15) is 41.5 Å². The maximum Gasteiger partial charge on any atom is 0.416 e. The Balaban J connectivity index is 1.78. The number of fused-ring (bicyclic) bond motifs is 3. The van der Waals surface area contributed by atoms with Gasteiger partial charge in [-0.15, -0.1) is 0 Å². The van der Waals surface area contributed by atoms with E-state index in [1.807, 2.05) is 30.3 Å². The molecule has 0 radical (unpaired) electrons. The summed E-state index contributed by atoms with van der Waals surface area (Å²) in [5.41, 5.74) is 1.90. The largest absolute Gasteiger partial charge is 0.416 e. The van der Waals surface area contributed by atoms with E-state index in [4.69, 9.17) is 0 Å². The molecular weight excluding hydrogens is 315 g/mol. The Labute approximate surface area is 138 Å². The van der Waals surface area contributed by atoms with Crippen LogP contribution in [0.4, 0.5) is 18.9 Å². The number of benzene rings is 2. The fourth-order valence-corrected chi connectivity index (χ4v) is 4.21. The number of anilines is 1. The average Bonchev–Trinajstić information content (AvgIpc) is 2.95. The summed E-state index contributed by atoms with van der Waals surface area (Å²) >= 11 is 0. The van der Waals surface area contributed by atoms with Crippen LogP contribution < -0.4 is 5.32 Å². The monoisotopic (exact) mass is 333 g/mol. The van der Waals surface area contributed by atoms with Gasteiger partial charge in [-0.25, -0.2) is 0 Å². The first-order valence-corrected chi connectivity index (χ1v) is 8.14. The molecule has 2 aromatic carbocycles. The van der Waals surface area contributed by atoms with Crippen molar-refractivity contribution in [2.45, 2.75) is 37.1 Å². The van der Waals surface area contributed by atoms with Crippen LogP contribution in [0.3, 0.4) is 0 Å². The molecule has 1 unspecified atom stereocenters. The van der Waals surface area contributed by atoms with Crippen molar-refractivity contribution in [2.75, 3.05) is 5.32 Å². The molecule has 0 amide bonds. The molecule has 1 heterocycles. The molecule has 2 aromatic rings. The Hall–Kier alpha value is -2.01. The van der Waals surface area contributed by atoms with Gasteiger partial charge < -0.3 is 10.4 Å². The van der Waals surface area contributed by atoms with Gasteiger partial charge in [0, 0.05) is 5.69 Å². The van der Waals surface area contributed by atoms with E-state index < -0.39 is 17.8 Å². The van der Waals surface area contributed by atoms with Crippen LogP contribution in [0.25, 0.3) is 0 Å². The Bertz CT molecular complexity index is 744. The zero-order chi connectivity index (χ0) is 16.9. The normalized spacial score (nSPS) is 28.8. The molecule has 1 aliphatic carbocycles. The number of halogens is 3. The second-order valence-corrected chi connectivity index (χ2v) is 6.73. The maximum absolute atomic E-state index is 13.1. The minimum absolute atomic E-state index is 0.0117. The van der Waals surface area contributed by atoms with Crippen molar-refractivity contribution in [3.05, 3.63) is 65.2 Å². The molecule has 126 valence electrons. The number of alkyl halides is 3. The quantitative estimate of drug-likeness (QED) is 0.791. The Morgan fingerprint density at radius 3 is 2.46 bits per heavy atom. The summed E-state index contributed by atoms with van der Waals surface area (Å²) in [5, 5.41) is 13.5. The molecule has 2 nitrogen and oxygen atoms in total. The molecule has 5 heteroatoms. The number of rotatable bonds is 1. The van der Waals surface area contributed by atoms with E-state index in [0.29, 0.717) is 18.4 Å². The molecule has 0 saturated heterocycles. The van der Waals surface area contributed by atoms with Crippen LogP contribution in [0, 0.1) is 5.92 Å². The van der Waals surface area contributed by atoms with E-state index >= 15 is 0 Å². The Morgan fingerprint density at radius 1 is 1.00 bits per heavy atom. The van der Waals surface area contributed by atoms with Crippen LogP contribution in [-0.2, 0) is 6.18 Å². The first kappa shape index (κ1) is 15.5. The van der Waals surface area contributed by atoms with Gasteiger partial charge in [-0.2, -0.15) is 13.2 Å². The van der Waals surface area contributed by atoms with Gasteiger partial charge in [0.1, 0.15) is 0 Å². The summed E-state index contributed by atoms with van der Waals surface area (Å²) in [6, 6.07) is 13.8. The molecule has 0 spiro atoms. The summed E-state index contributed by atoms with van der Waals surface area (Å²) in [5.74, 6) is 0.0436. The zero-order valence-electron chi connectivity index (χ0n) is 12.9. The van der Waals surface area contributed by atoms with Crippen molar-refractivity contribution in [3.63, 3.8) is 0 Å². The van der Waals surface area contributed by atoms with Crippen molar-refractivity contribution in [2.24, 2.45) is 5.92 Å². The van der Waals surface area contributed by atoms with Crippen LogP contribution in [0.2, 0.25) is 0 Å². The molecule has 1 aliphatic heterocycles. The lowest BCUT2D eigenvalue weighted by Crippen LogP contribution is -2.29. The molecule has 24 heavy (non-hydrogen) atoms. The molecule has 2 aliphatic rings. The summed E-state index contributed by atoms with van der Waals surface area (Å²) in [4.78, 5) is 0. The zero-order valence-corrected chi connectivity index (χ0v) is 12.9. The van der Waals surface area contributed by atoms with Crippen molar-refractivity contribution in [1.29, 1.82) is 0 Å². The highest BCUT2D eigenvalue weighted by atomic mass is 19.4. The highest BCUT2D eigenvalue weighted by Crippen LogP contribution is 2.53. The van der Waals surface area contributed by atoms with Gasteiger partial charge in [-0.1, -0.05) is 30.3 Å². The number of hydrogen-bond acceptors (Lipinski definition) is 2. The SMILES string of the molecule is OC1C[C@@H]2[C@H](C1)c1cc(C(F)(F)F)ccc1N[C@H]2c1ccccc1. The van der Waals surface area contributed by atoms with Crippen molar-refractivity contribution in [1.82, 2.24) is 0 Å². The minimum atomic E-state index is -4.35. The fourth-order valence-electron chi connectivity index (χ4n) is 4.21. The minimum Gasteiger partial charge on any atom is -0.393 e. The van der Waals surface area contributed by atoms with Gasteiger partial charge >= 0.3 is 6.18 Å². The van der Waals surface area contributed by atoms with E-state index in [2.05, 4.69) is 5.32 Å². The predicted molar refractivity (Wildman–Crippen MR) is 85.7 cm³/mol. The summed E-state index contributed by atoms with van der Waals surface area (Å²) in [7, 11) is 0. The number of aliphatic hydroxyl groups excluding tert-OH is 1. The summed E-state index contributed by atoms with van der Waals surface area (Å²) < 4.78 is 39.2. The second kappa shape index (κ2) is 5.52. The van der Waals surface area contributed by atoms with Gasteiger partial charge in [-0.3, -0.25) is 0 Å². The van der Waals surface area contributed by atoms with E-state index in [9.17, 15) is 18.3 Å². The lowest BCUT2D eigenvalue weighted by molar-refractivity contribution is -0.137. The lowest BCUT2D eigenvalue weighted by Gasteiger charge is -2.37. The third-order valence-electron chi connectivity index (χ3n) is 5.26. The van der Waals surface area contributed by atoms with Gasteiger partial charge in [0.2, 0.25) is 0 Å². The highest BCUT2D eigenvalue weighted by molar-refractivity contribution is 5.59. The van der Waals surface area contributed by atoms with Gasteiger partial charge in [-0.05, 0) is 54.0 Å². The van der Waals surface area contributed by atoms with E-state index in [1.165, 1.54) is 12.1 Å². The average molecular weight is 333 g/mol. The van der Waals surface area contributed by atoms with E-state index in [-0.39, 0.29) is 17.9 Å². The molecule has 0 bridgehead atoms. The number of nitrogens with one attached hydrogen (secondary N) is 1. The Morgan fingerprint density at radius 2 is 1.75 bits per heavy atom. The van der Waals surface area contributed by atoms with Crippen LogP contribution in [-0.4, -0.2) is 11.2 Å². The highest BCUT2D eigenvalue weighted by Gasteiger charge is 2.44. The first-order valence-electron chi connectivity index (χ1n) is 8.14. The molecule has 4 atom stereocenters. The van der Waals surface area contributed by atoms with Crippen molar-refractivity contribution < 1.29 is 18.3 Å². The fraction of sp³-hybridized carbons (Fsp3) is 0.368. The first-order chi connectivity index (χ1) is 11.4. The van der Waals surface area contributed by atoms with Gasteiger partial charge in [0.05, 0.1) is 17.7 Å². The topological polar surface area (TPSA) is 32.3 Å². The number of hydrogen-bond donors (Lipinski definition) is 2. The van der Waals surface area contributed by atoms with Crippen LogP contribution in [0.15, 0.2) is 48.5 Å². The molecule has 0 aromatic heterocycles. The summed E-state index contributed by atoms with van der Waals surface area (Å²) in [6.07, 6.45) is -3.69. The Kier molecular flexibility index (Phi) is 3.57. The van der Waals surface area contributed by atoms with Crippen LogP contribution in [0.5, 0.6) is 0 Å². The number of aliphatic hydroxyl groups is 1. The van der Waals surface area contributed by atoms with E-state index in [0.717, 1.165) is 17.3 Å². The summed E-state index contributed by atoms with van der Waals surface area (Å²) in [6.45, 7) is 0. The lowest BCUT2D eigenvalue weighted by atomic mass is 9.77. The predicted octanol–water partition coefficient (Wildman–Crippen LogP) is 4.73. The van der Waals surface area contributed by atoms with Crippen LogP contribution >= 0.6 is 0 Å². The molecule has 1 fully saturated rings. The van der Waals surface area contributed by atoms with E-state index in [1.54, 1.807) is 0 Å². The smallest absolute Gasteiger partial charge is 0.393 e. The molecular formula is C19H18F3NO. The van der Waals surface area contributed by atoms with Gasteiger partial charge in [0.25, 0.3) is 0 Å². The second-order valence-electron chi connectivity index (χ2n) is 6.73. The molecule has 2 N–H and O–H groups in total. The van der Waals surface area contributed by atoms with Gasteiger partial charge in [0.15, 0.2) is 0 Å².